The summed E-state index contributed by atoms with van der Waals surface area (Å²) in [6, 6.07) is 0. The maximum Gasteiger partial charge on any atom is 0.306 e. The van der Waals surface area contributed by atoms with Gasteiger partial charge in [0.15, 0.2) is 12.4 Å². The molecule has 1 fully saturated rings. The van der Waals surface area contributed by atoms with Crippen LogP contribution < -0.4 is 0 Å². The molecule has 1 aliphatic rings. The second-order valence-corrected chi connectivity index (χ2v) is 14.5. The molecule has 1 saturated heterocycles. The smallest absolute Gasteiger partial charge is 0.306 e. The number of ether oxygens (including phenoxy) is 4. The molecule has 1 rings (SSSR count). The van der Waals surface area contributed by atoms with Crippen molar-refractivity contribution in [3.8, 4) is 0 Å². The molecule has 0 aromatic carbocycles. The van der Waals surface area contributed by atoms with Gasteiger partial charge in [0.05, 0.1) is 13.2 Å². The van der Waals surface area contributed by atoms with E-state index in [0.29, 0.717) is 6.42 Å². The maximum atomic E-state index is 12.7. The van der Waals surface area contributed by atoms with Gasteiger partial charge in [0.1, 0.15) is 31.0 Å². The molecule has 6 atom stereocenters. The Bertz CT molecular complexity index is 794. The van der Waals surface area contributed by atoms with E-state index in [2.05, 4.69) is 13.8 Å². The predicted molar refractivity (Wildman–Crippen MR) is 197 cm³/mol. The minimum absolute atomic E-state index is 0.209. The van der Waals surface area contributed by atoms with Crippen molar-refractivity contribution in [2.24, 2.45) is 0 Å². The van der Waals surface area contributed by atoms with Crippen molar-refractivity contribution < 1.29 is 49.0 Å². The molecule has 0 amide bonds. The van der Waals surface area contributed by atoms with Gasteiger partial charge in [0.2, 0.25) is 0 Å². The van der Waals surface area contributed by atoms with E-state index in [9.17, 15) is 30.0 Å². The van der Waals surface area contributed by atoms with Gasteiger partial charge >= 0.3 is 11.9 Å². The van der Waals surface area contributed by atoms with E-state index in [-0.39, 0.29) is 32.0 Å². The molecule has 0 saturated carbocycles. The van der Waals surface area contributed by atoms with Crippen molar-refractivity contribution in [3.63, 3.8) is 0 Å². The summed E-state index contributed by atoms with van der Waals surface area (Å²) < 4.78 is 22.1. The topological polar surface area (TPSA) is 152 Å². The van der Waals surface area contributed by atoms with Crippen molar-refractivity contribution in [3.05, 3.63) is 0 Å². The fourth-order valence-electron chi connectivity index (χ4n) is 6.42. The number of aliphatic hydroxyl groups is 4. The van der Waals surface area contributed by atoms with E-state index in [0.717, 1.165) is 38.5 Å². The molecular formula is C40H76O10. The normalized spacial score (nSPS) is 21.3. The number of esters is 2. The fraction of sp³-hybridized carbons (Fsp3) is 0.950. The van der Waals surface area contributed by atoms with Gasteiger partial charge in [-0.2, -0.15) is 0 Å². The second kappa shape index (κ2) is 32.4. The predicted octanol–water partition coefficient (Wildman–Crippen LogP) is 7.83. The summed E-state index contributed by atoms with van der Waals surface area (Å²) in [5.41, 5.74) is 0. The van der Waals surface area contributed by atoms with Crippen molar-refractivity contribution in [1.82, 2.24) is 0 Å². The van der Waals surface area contributed by atoms with Gasteiger partial charge in [-0.1, -0.05) is 162 Å². The lowest BCUT2D eigenvalue weighted by molar-refractivity contribution is -0.305. The van der Waals surface area contributed by atoms with Crippen LogP contribution in [0.1, 0.15) is 187 Å². The van der Waals surface area contributed by atoms with Crippen LogP contribution >= 0.6 is 0 Å². The molecule has 0 aliphatic carbocycles. The van der Waals surface area contributed by atoms with Gasteiger partial charge < -0.3 is 39.4 Å². The quantitative estimate of drug-likeness (QED) is 0.0383. The molecular weight excluding hydrogens is 640 g/mol. The molecule has 0 radical (unpaired) electrons. The minimum Gasteiger partial charge on any atom is -0.462 e. The van der Waals surface area contributed by atoms with Crippen molar-refractivity contribution in [2.45, 2.75) is 224 Å². The molecule has 296 valence electrons. The zero-order chi connectivity index (χ0) is 36.7. The summed E-state index contributed by atoms with van der Waals surface area (Å²) in [6.45, 7) is 3.42. The maximum absolute atomic E-state index is 12.7. The summed E-state index contributed by atoms with van der Waals surface area (Å²) in [7, 11) is 0. The van der Waals surface area contributed by atoms with Gasteiger partial charge in [0, 0.05) is 12.8 Å². The highest BCUT2D eigenvalue weighted by molar-refractivity contribution is 5.70. The molecule has 50 heavy (non-hydrogen) atoms. The Morgan fingerprint density at radius 3 is 1.36 bits per heavy atom. The first-order chi connectivity index (χ1) is 24.3. The van der Waals surface area contributed by atoms with E-state index in [4.69, 9.17) is 18.9 Å². The van der Waals surface area contributed by atoms with Crippen LogP contribution in [0.2, 0.25) is 0 Å². The Hall–Kier alpha value is -1.30. The third kappa shape index (κ3) is 24.0. The summed E-state index contributed by atoms with van der Waals surface area (Å²) in [4.78, 5) is 25.2. The summed E-state index contributed by atoms with van der Waals surface area (Å²) >= 11 is 0. The highest BCUT2D eigenvalue weighted by Gasteiger charge is 2.44. The first kappa shape index (κ1) is 46.7. The number of aliphatic hydroxyl groups excluding tert-OH is 4. The monoisotopic (exact) mass is 717 g/mol. The van der Waals surface area contributed by atoms with Crippen molar-refractivity contribution >= 4 is 11.9 Å². The standard InChI is InChI=1S/C40H76O10/c1-3-5-7-9-11-13-15-17-19-20-22-24-26-28-35(42)47-31-33(32-48-40-39(46)38(45)37(44)34(30-41)50-40)49-36(43)29-27-25-23-21-18-16-14-12-10-8-6-4-2/h33-34,37-41,44-46H,3-32H2,1-2H3/t33-,34-,37+,38?,39?,40-/m0/s1. The van der Waals surface area contributed by atoms with Crippen LogP contribution in [0, 0.1) is 0 Å². The average molecular weight is 717 g/mol. The molecule has 0 aromatic rings. The molecule has 0 aromatic heterocycles. The Kier molecular flexibility index (Phi) is 30.2. The highest BCUT2D eigenvalue weighted by atomic mass is 16.7. The Balaban J connectivity index is 2.36. The number of rotatable bonds is 34. The highest BCUT2D eigenvalue weighted by Crippen LogP contribution is 2.23. The lowest BCUT2D eigenvalue weighted by atomic mass is 9.99. The third-order valence-electron chi connectivity index (χ3n) is 9.74. The lowest BCUT2D eigenvalue weighted by Crippen LogP contribution is -2.59. The van der Waals surface area contributed by atoms with E-state index >= 15 is 0 Å². The van der Waals surface area contributed by atoms with Gasteiger partial charge in [-0.3, -0.25) is 9.59 Å². The molecule has 10 nitrogen and oxygen atoms in total. The number of hydrogen-bond donors (Lipinski definition) is 4. The molecule has 2 unspecified atom stereocenters. The van der Waals surface area contributed by atoms with Crippen molar-refractivity contribution in [2.75, 3.05) is 19.8 Å². The van der Waals surface area contributed by atoms with E-state index < -0.39 is 49.4 Å². The van der Waals surface area contributed by atoms with Gasteiger partial charge in [0.25, 0.3) is 0 Å². The van der Waals surface area contributed by atoms with Crippen LogP contribution in [0.4, 0.5) is 0 Å². The molecule has 10 heteroatoms. The third-order valence-corrected chi connectivity index (χ3v) is 9.74. The summed E-state index contributed by atoms with van der Waals surface area (Å²) in [6.07, 6.45) is 22.5. The van der Waals surface area contributed by atoms with Crippen molar-refractivity contribution in [1.29, 1.82) is 0 Å². The number of carbonyl (C=O) groups excluding carboxylic acids is 2. The molecule has 0 spiro atoms. The van der Waals surface area contributed by atoms with Crippen LogP contribution in [0.3, 0.4) is 0 Å². The van der Waals surface area contributed by atoms with Crippen LogP contribution in [0.15, 0.2) is 0 Å². The second-order valence-electron chi connectivity index (χ2n) is 14.5. The number of carbonyl (C=O) groups is 2. The van der Waals surface area contributed by atoms with Crippen LogP contribution in [-0.2, 0) is 28.5 Å². The first-order valence-electron chi connectivity index (χ1n) is 20.6. The summed E-state index contributed by atoms with van der Waals surface area (Å²) in [5.74, 6) is -0.796. The molecule has 1 aliphatic heterocycles. The largest absolute Gasteiger partial charge is 0.462 e. The van der Waals surface area contributed by atoms with E-state index in [1.807, 2.05) is 0 Å². The lowest BCUT2D eigenvalue weighted by Gasteiger charge is -2.39. The molecule has 1 heterocycles. The summed E-state index contributed by atoms with van der Waals surface area (Å²) in [5, 5.41) is 39.9. The number of unbranched alkanes of at least 4 members (excludes halogenated alkanes) is 23. The van der Waals surface area contributed by atoms with E-state index in [1.54, 1.807) is 0 Å². The SMILES string of the molecule is CCCCCCCCCCCCCCCC(=O)OC[C@@H](CO[C@H]1O[C@@H](CO)[C@@H](O)C(O)C1O)OC(=O)CCCCCCCCCCCCCC. The van der Waals surface area contributed by atoms with Gasteiger partial charge in [-0.25, -0.2) is 0 Å². The Morgan fingerprint density at radius 2 is 0.940 bits per heavy atom. The van der Waals surface area contributed by atoms with Gasteiger partial charge in [-0.15, -0.1) is 0 Å². The van der Waals surface area contributed by atoms with E-state index in [1.165, 1.54) is 116 Å². The van der Waals surface area contributed by atoms with Crippen LogP contribution in [0.25, 0.3) is 0 Å². The van der Waals surface area contributed by atoms with Crippen LogP contribution in [0.5, 0.6) is 0 Å². The zero-order valence-corrected chi connectivity index (χ0v) is 31.9. The molecule has 4 N–H and O–H groups in total. The minimum atomic E-state index is -1.59. The van der Waals surface area contributed by atoms with Gasteiger partial charge in [-0.05, 0) is 12.8 Å². The Morgan fingerprint density at radius 1 is 0.540 bits per heavy atom. The number of hydrogen-bond acceptors (Lipinski definition) is 10. The van der Waals surface area contributed by atoms with Crippen LogP contribution in [-0.4, -0.2) is 89.0 Å². The molecule has 0 bridgehead atoms. The first-order valence-corrected chi connectivity index (χ1v) is 20.6. The average Bonchev–Trinajstić information content (AvgIpc) is 3.11. The zero-order valence-electron chi connectivity index (χ0n) is 31.9. The fourth-order valence-corrected chi connectivity index (χ4v) is 6.42. The Labute approximate surface area is 304 Å².